The van der Waals surface area contributed by atoms with Gasteiger partial charge in [-0.3, -0.25) is 33.3 Å². The number of aliphatic hydroxyl groups is 3. The lowest BCUT2D eigenvalue weighted by atomic mass is 10.0. The van der Waals surface area contributed by atoms with E-state index in [0.717, 1.165) is 10.6 Å². The minimum atomic E-state index is -2.16. The third kappa shape index (κ3) is 9.11. The Hall–Kier alpha value is -6.14. The summed E-state index contributed by atoms with van der Waals surface area (Å²) < 4.78 is 25.1. The number of hydrogen-bond donors (Lipinski definition) is 6. The molecule has 7 N–H and O–H groups in total. The molecule has 5 aromatic rings. The number of ether oxygens (including phenoxy) is 3. The number of rotatable bonds is 13. The third-order valence-electron chi connectivity index (χ3n) is 13.6. The van der Waals surface area contributed by atoms with Gasteiger partial charge in [0.1, 0.15) is 44.4 Å². The molecule has 0 radical (unpaired) electrons. The number of nitrogens with two attached hydrogens (primary N) is 1. The van der Waals surface area contributed by atoms with E-state index in [1.807, 2.05) is 0 Å². The first-order chi connectivity index (χ1) is 32.3. The van der Waals surface area contributed by atoms with Crippen molar-refractivity contribution in [3.8, 4) is 11.5 Å². The second-order valence-corrected chi connectivity index (χ2v) is 24.3. The zero-order valence-electron chi connectivity index (χ0n) is 38.6. The molecule has 0 saturated carbocycles. The maximum atomic E-state index is 13.0. The molecular weight excluding hydrogens is 903 g/mol. The van der Waals surface area contributed by atoms with Gasteiger partial charge in [-0.25, -0.2) is 23.7 Å². The van der Waals surface area contributed by atoms with Gasteiger partial charge in [0.15, 0.2) is 12.5 Å². The number of nitrogen functional groups attached to an aromatic ring is 1. The molecule has 3 aliphatic heterocycles. The van der Waals surface area contributed by atoms with Gasteiger partial charge in [0, 0.05) is 68.3 Å². The maximum Gasteiger partial charge on any atom is 0.351 e. The molecule has 3 saturated heterocycles. The predicted octanol–water partition coefficient (Wildman–Crippen LogP) is -0.239. The lowest BCUT2D eigenvalue weighted by Crippen LogP contribution is -2.43. The van der Waals surface area contributed by atoms with Crippen LogP contribution in [-0.2, 0) is 27.1 Å². The lowest BCUT2D eigenvalue weighted by Gasteiger charge is -2.38. The molecule has 68 heavy (non-hydrogen) atoms. The van der Waals surface area contributed by atoms with E-state index in [9.17, 15) is 39.3 Å². The van der Waals surface area contributed by atoms with Crippen LogP contribution in [-0.4, -0.2) is 119 Å². The number of aliphatic hydroxyl groups excluding tert-OH is 3. The zero-order chi connectivity index (χ0) is 48.9. The molecule has 0 spiro atoms. The Kier molecular flexibility index (Phi) is 13.6. The molecule has 24 nitrogen and oxygen atoms in total. The van der Waals surface area contributed by atoms with Gasteiger partial charge < -0.3 is 35.3 Å². The van der Waals surface area contributed by atoms with E-state index >= 15 is 0 Å². The van der Waals surface area contributed by atoms with Crippen molar-refractivity contribution in [3.63, 3.8) is 0 Å². The number of anilines is 1. The van der Waals surface area contributed by atoms with Crippen molar-refractivity contribution in [3.05, 3.63) is 112 Å². The number of hydrogen-bond acceptors (Lipinski definition) is 17. The van der Waals surface area contributed by atoms with Gasteiger partial charge in [-0.1, -0.05) is 52.0 Å². The second kappa shape index (κ2) is 19.1. The molecule has 0 amide bonds. The number of aromatic nitrogens is 12. The number of aromatic amines is 2. The van der Waals surface area contributed by atoms with Gasteiger partial charge in [0.2, 0.25) is 0 Å². The fourth-order valence-corrected chi connectivity index (χ4v) is 15.6. The number of nitrogens with zero attached hydrogens (tertiary/aromatic N) is 10. The molecule has 0 unspecified atom stereocenters. The molecule has 3 aliphatic rings. The monoisotopic (exact) mass is 959 g/mol. The molecule has 3 fully saturated rings. The minimum Gasteiger partial charge on any atom is -0.390 e. The molecule has 5 aromatic heterocycles. The highest BCUT2D eigenvalue weighted by Crippen LogP contribution is 2.43. The van der Waals surface area contributed by atoms with E-state index in [1.54, 1.807) is 19.3 Å². The summed E-state index contributed by atoms with van der Waals surface area (Å²) in [6.45, 7) is 14.8. The molecular formula is C43H57N13O11Si. The summed E-state index contributed by atoms with van der Waals surface area (Å²) in [5.41, 5.74) is 8.19. The van der Waals surface area contributed by atoms with Crippen LogP contribution in [0.3, 0.4) is 0 Å². The Balaban J connectivity index is 1.08. The van der Waals surface area contributed by atoms with Crippen LogP contribution in [0.25, 0.3) is 0 Å². The van der Waals surface area contributed by atoms with Crippen LogP contribution in [0, 0.1) is 18.4 Å². The normalized spacial score (nSPS) is 27.4. The first kappa shape index (κ1) is 48.3. The quantitative estimate of drug-likeness (QED) is 0.0655. The summed E-state index contributed by atoms with van der Waals surface area (Å²) in [5.74, 6) is 3.43. The Morgan fingerprint density at radius 3 is 1.91 bits per heavy atom. The predicted molar refractivity (Wildman–Crippen MR) is 244 cm³/mol. The molecule has 364 valence electrons. The molecule has 25 heteroatoms. The van der Waals surface area contributed by atoms with E-state index in [2.05, 4.69) is 88.6 Å². The fraction of sp³-hybridized carbons (Fsp3) is 0.581. The fourth-order valence-electron chi connectivity index (χ4n) is 10.3. The summed E-state index contributed by atoms with van der Waals surface area (Å²) in [6, 6.07) is 0.655. The van der Waals surface area contributed by atoms with E-state index < -0.39 is 104 Å². The van der Waals surface area contributed by atoms with Crippen LogP contribution in [0.15, 0.2) is 67.1 Å². The summed E-state index contributed by atoms with van der Waals surface area (Å²) in [4.78, 5) is 70.8. The van der Waals surface area contributed by atoms with E-state index in [4.69, 9.17) is 19.9 Å². The lowest BCUT2D eigenvalue weighted by molar-refractivity contribution is -0.0396. The Bertz CT molecular complexity index is 2980. The van der Waals surface area contributed by atoms with Crippen LogP contribution < -0.4 is 33.9 Å². The topological polar surface area (TPSA) is 320 Å². The maximum absolute atomic E-state index is 13.0. The van der Waals surface area contributed by atoms with Gasteiger partial charge in [-0.2, -0.15) is 4.98 Å². The van der Waals surface area contributed by atoms with Crippen LogP contribution in [0.1, 0.15) is 102 Å². The molecule has 8 rings (SSSR count). The zero-order valence-corrected chi connectivity index (χ0v) is 39.6. The highest BCUT2D eigenvalue weighted by molar-refractivity contribution is 6.90. The molecule has 11 atom stereocenters. The average molecular weight is 960 g/mol. The number of aryl methyl sites for hydroxylation is 1. The van der Waals surface area contributed by atoms with Crippen molar-refractivity contribution in [1.82, 2.24) is 58.6 Å². The van der Waals surface area contributed by atoms with Crippen molar-refractivity contribution >= 4 is 13.9 Å². The van der Waals surface area contributed by atoms with Crippen LogP contribution >= 0.6 is 0 Å². The largest absolute Gasteiger partial charge is 0.390 e. The van der Waals surface area contributed by atoms with Gasteiger partial charge in [-0.15, -0.1) is 21.7 Å². The van der Waals surface area contributed by atoms with Crippen molar-refractivity contribution in [2.75, 3.05) is 5.73 Å². The summed E-state index contributed by atoms with van der Waals surface area (Å²) >= 11 is 0. The van der Waals surface area contributed by atoms with Gasteiger partial charge >= 0.3 is 17.1 Å². The Morgan fingerprint density at radius 2 is 1.31 bits per heavy atom. The van der Waals surface area contributed by atoms with Crippen LogP contribution in [0.5, 0.6) is 0 Å². The van der Waals surface area contributed by atoms with E-state index in [1.165, 1.54) is 43.2 Å². The minimum absolute atomic E-state index is 0.0106. The first-order valence-corrected chi connectivity index (χ1v) is 24.8. The Morgan fingerprint density at radius 1 is 0.750 bits per heavy atom. The molecule has 0 bridgehead atoms. The standard InChI is InChI=1S/C43H57N13O11Si/c1-21(2)68(22(3)4,23(5)6)14-8-9-28-34(36(59)39(66-28)52-12-10-31(44)45-41(52)62)55-20-26(49-50-55)16-30-35(37(60)40(67-30)53-13-11-32(58)46-42(53)63)56-19-25(48-51-56)15-29-27(57)17-33(65-29)54-18-24(7)38(61)47-43(54)64/h10-13,18-23,27-30,33-37,39-40,57,59-60H,9,15-17H2,1-7H3,(H2,44,45,62)(H,46,58,63)(H,47,61,64)/t27-,28+,29+,30+,33+,34+,35+,36+,37+,39+,40+/m0/s1. The van der Waals surface area contributed by atoms with Gasteiger partial charge in [0.25, 0.3) is 11.1 Å². The number of nitrogens with one attached hydrogen (secondary N) is 2. The van der Waals surface area contributed by atoms with Crippen molar-refractivity contribution in [2.24, 2.45) is 0 Å². The van der Waals surface area contributed by atoms with Gasteiger partial charge in [-0.05, 0) is 29.6 Å². The van der Waals surface area contributed by atoms with Crippen molar-refractivity contribution in [2.45, 2.75) is 158 Å². The smallest absolute Gasteiger partial charge is 0.351 e. The summed E-state index contributed by atoms with van der Waals surface area (Å²) in [5, 5.41) is 52.2. The van der Waals surface area contributed by atoms with Crippen LogP contribution in [0.4, 0.5) is 5.82 Å². The van der Waals surface area contributed by atoms with E-state index in [0.29, 0.717) is 33.6 Å². The first-order valence-electron chi connectivity index (χ1n) is 22.6. The summed E-state index contributed by atoms with van der Waals surface area (Å²) in [6.07, 6.45) is -2.25. The van der Waals surface area contributed by atoms with Crippen molar-refractivity contribution < 1.29 is 29.5 Å². The van der Waals surface area contributed by atoms with Crippen LogP contribution in [0.2, 0.25) is 16.6 Å². The average Bonchev–Trinajstić information content (AvgIpc) is 4.11. The van der Waals surface area contributed by atoms with E-state index in [-0.39, 0.29) is 31.5 Å². The number of H-pyrrole nitrogens is 2. The van der Waals surface area contributed by atoms with Gasteiger partial charge in [0.05, 0.1) is 35.8 Å². The Labute approximate surface area is 388 Å². The SMILES string of the molecule is Cc1cn([C@H]2C[C@H](O)[C@@H](Cc3cn([C@H]4[C@@H](O)[C@H](n5ccc(=O)[nH]c5=O)O[C@@H]4Cc4cn([C@H]5[C@@H](O)[C@H](n6ccc(N)nc6=O)O[C@@H]5CC#C[Si](C(C)C)(C(C)C)C(C)C)nn4)nn3)O2)c(=O)[nH]c1=O. The second-order valence-electron chi connectivity index (χ2n) is 18.8. The summed E-state index contributed by atoms with van der Waals surface area (Å²) in [7, 11) is -2.16. The third-order valence-corrected chi connectivity index (χ3v) is 19.9. The molecule has 0 aromatic carbocycles. The van der Waals surface area contributed by atoms with Crippen molar-refractivity contribution in [1.29, 1.82) is 0 Å². The highest BCUT2D eigenvalue weighted by Gasteiger charge is 2.50. The highest BCUT2D eigenvalue weighted by atomic mass is 28.3. The molecule has 8 heterocycles. The molecule has 0 aliphatic carbocycles.